The molecule has 11 heteroatoms. The average Bonchev–Trinajstić information content (AvgIpc) is 2.69. The molecule has 3 aromatic rings. The van der Waals surface area contributed by atoms with Gasteiger partial charge in [-0.1, -0.05) is 22.0 Å². The lowest BCUT2D eigenvalue weighted by Crippen LogP contribution is -2.24. The van der Waals surface area contributed by atoms with E-state index in [2.05, 4.69) is 26.0 Å². The van der Waals surface area contributed by atoms with Gasteiger partial charge in [-0.3, -0.25) is 14.9 Å². The third kappa shape index (κ3) is 4.20. The van der Waals surface area contributed by atoms with Gasteiger partial charge in [-0.05, 0) is 38.1 Å². The molecule has 0 saturated heterocycles. The van der Waals surface area contributed by atoms with Crippen LogP contribution in [0, 0.1) is 17.0 Å². The molecule has 0 spiro atoms. The summed E-state index contributed by atoms with van der Waals surface area (Å²) in [6.07, 6.45) is -0.140. The zero-order valence-corrected chi connectivity index (χ0v) is 17.4. The third-order valence-electron chi connectivity index (χ3n) is 4.15. The summed E-state index contributed by atoms with van der Waals surface area (Å²) >= 11 is 3.31. The Labute approximate surface area is 177 Å². The first-order valence-corrected chi connectivity index (χ1v) is 9.38. The van der Waals surface area contributed by atoms with Gasteiger partial charge in [-0.15, -0.1) is 0 Å². The average molecular weight is 475 g/mol. The summed E-state index contributed by atoms with van der Waals surface area (Å²) in [6, 6.07) is 9.13. The largest absolute Gasteiger partial charge is 0.479 e. The van der Waals surface area contributed by atoms with Gasteiger partial charge >= 0.3 is 11.7 Å². The number of nitro benzene ring substituents is 1. The fourth-order valence-electron chi connectivity index (χ4n) is 2.66. The number of carboxylic acids is 1. The number of ether oxygens (including phenoxy) is 1. The van der Waals surface area contributed by atoms with Crippen molar-refractivity contribution in [2.75, 3.05) is 0 Å². The van der Waals surface area contributed by atoms with Gasteiger partial charge in [0.05, 0.1) is 22.0 Å². The number of para-hydroxylation sites is 1. The van der Waals surface area contributed by atoms with Crippen LogP contribution in [0.15, 0.2) is 50.8 Å². The maximum absolute atomic E-state index is 12.8. The van der Waals surface area contributed by atoms with E-state index < -0.39 is 28.2 Å². The number of nitro groups is 1. The summed E-state index contributed by atoms with van der Waals surface area (Å²) in [5, 5.41) is 24.9. The van der Waals surface area contributed by atoms with Crippen molar-refractivity contribution >= 4 is 44.7 Å². The molecule has 0 aliphatic rings. The van der Waals surface area contributed by atoms with Gasteiger partial charge in [0.1, 0.15) is 5.82 Å². The number of carbonyl (C=O) groups is 1. The number of halogens is 1. The number of rotatable bonds is 6. The first-order valence-electron chi connectivity index (χ1n) is 8.59. The zero-order valence-electron chi connectivity index (χ0n) is 15.8. The number of aliphatic carboxylic acids is 1. The first-order chi connectivity index (χ1) is 14.2. The minimum Gasteiger partial charge on any atom is -0.479 e. The van der Waals surface area contributed by atoms with Crippen molar-refractivity contribution < 1.29 is 19.6 Å². The van der Waals surface area contributed by atoms with Gasteiger partial charge in [-0.25, -0.2) is 9.78 Å². The highest BCUT2D eigenvalue weighted by atomic mass is 79.9. The molecular formula is C19H15BrN4O6. The summed E-state index contributed by atoms with van der Waals surface area (Å²) in [5.74, 6) is -1.24. The van der Waals surface area contributed by atoms with Crippen LogP contribution in [0.5, 0.6) is 5.75 Å². The van der Waals surface area contributed by atoms with Gasteiger partial charge < -0.3 is 9.84 Å². The predicted molar refractivity (Wildman–Crippen MR) is 112 cm³/mol. The van der Waals surface area contributed by atoms with Gasteiger partial charge in [-0.2, -0.15) is 9.78 Å². The molecule has 30 heavy (non-hydrogen) atoms. The van der Waals surface area contributed by atoms with Crippen LogP contribution in [-0.4, -0.2) is 38.0 Å². The predicted octanol–water partition coefficient (Wildman–Crippen LogP) is 3.11. The summed E-state index contributed by atoms with van der Waals surface area (Å²) < 4.78 is 7.05. The van der Waals surface area contributed by atoms with Crippen molar-refractivity contribution in [3.05, 3.63) is 72.7 Å². The molecule has 0 fully saturated rings. The van der Waals surface area contributed by atoms with E-state index in [1.54, 1.807) is 25.1 Å². The standard InChI is InChI=1S/C19H15BrN4O6/c1-10(19(26)27)30-17-12(4-3-5-16(17)24(28)29)9-21-23-11(2)22-15-7-6-13(20)8-14(15)18(23)25/h3-10H,1-2H3,(H,26,27)/t10-/m1/s1. The molecule has 0 unspecified atom stereocenters. The van der Waals surface area contributed by atoms with Crippen LogP contribution in [0.2, 0.25) is 0 Å². The molecule has 0 saturated carbocycles. The highest BCUT2D eigenvalue weighted by Crippen LogP contribution is 2.31. The molecule has 1 atom stereocenters. The van der Waals surface area contributed by atoms with E-state index in [-0.39, 0.29) is 11.3 Å². The molecule has 2 aromatic carbocycles. The Morgan fingerprint density at radius 3 is 2.80 bits per heavy atom. The van der Waals surface area contributed by atoms with Crippen molar-refractivity contribution in [3.8, 4) is 5.75 Å². The number of nitrogens with zero attached hydrogens (tertiary/aromatic N) is 4. The zero-order chi connectivity index (χ0) is 22.0. The fraction of sp³-hybridized carbons (Fsp3) is 0.158. The Bertz CT molecular complexity index is 1250. The second-order valence-electron chi connectivity index (χ2n) is 6.23. The maximum atomic E-state index is 12.8. The van der Waals surface area contributed by atoms with E-state index in [4.69, 9.17) is 9.84 Å². The van der Waals surface area contributed by atoms with Crippen molar-refractivity contribution in [2.24, 2.45) is 5.10 Å². The fourth-order valence-corrected chi connectivity index (χ4v) is 3.02. The Morgan fingerprint density at radius 1 is 1.40 bits per heavy atom. The normalized spacial score (nSPS) is 12.2. The van der Waals surface area contributed by atoms with Crippen LogP contribution in [0.4, 0.5) is 5.69 Å². The highest BCUT2D eigenvalue weighted by Gasteiger charge is 2.23. The van der Waals surface area contributed by atoms with Gasteiger partial charge in [0.25, 0.3) is 5.56 Å². The molecule has 3 rings (SSSR count). The third-order valence-corrected chi connectivity index (χ3v) is 4.64. The van der Waals surface area contributed by atoms with E-state index in [9.17, 15) is 19.7 Å². The number of hydrogen-bond donors (Lipinski definition) is 1. The first kappa shape index (κ1) is 21.1. The lowest BCUT2D eigenvalue weighted by atomic mass is 10.2. The van der Waals surface area contributed by atoms with E-state index in [0.29, 0.717) is 21.2 Å². The van der Waals surface area contributed by atoms with Crippen LogP contribution in [0.3, 0.4) is 0 Å². The molecule has 1 N–H and O–H groups in total. The van der Waals surface area contributed by atoms with Crippen LogP contribution in [-0.2, 0) is 4.79 Å². The smallest absolute Gasteiger partial charge is 0.344 e. The van der Waals surface area contributed by atoms with E-state index in [1.165, 1.54) is 31.3 Å². The van der Waals surface area contributed by atoms with Gasteiger partial charge in [0.2, 0.25) is 5.75 Å². The summed E-state index contributed by atoms with van der Waals surface area (Å²) in [7, 11) is 0. The molecule has 1 aromatic heterocycles. The van der Waals surface area contributed by atoms with Gasteiger partial charge in [0, 0.05) is 16.1 Å². The van der Waals surface area contributed by atoms with Crippen molar-refractivity contribution in [1.29, 1.82) is 0 Å². The summed E-state index contributed by atoms with van der Waals surface area (Å²) in [4.78, 5) is 39.0. The number of aromatic nitrogens is 2. The lowest BCUT2D eigenvalue weighted by molar-refractivity contribution is -0.386. The lowest BCUT2D eigenvalue weighted by Gasteiger charge is -2.13. The molecule has 154 valence electrons. The summed E-state index contributed by atoms with van der Waals surface area (Å²) in [5.41, 5.74) is -0.210. The van der Waals surface area contributed by atoms with Gasteiger partial charge in [0.15, 0.2) is 6.10 Å². The summed E-state index contributed by atoms with van der Waals surface area (Å²) in [6.45, 7) is 2.84. The highest BCUT2D eigenvalue weighted by molar-refractivity contribution is 9.10. The number of benzene rings is 2. The number of hydrogen-bond acceptors (Lipinski definition) is 7. The molecular weight excluding hydrogens is 460 g/mol. The topological polar surface area (TPSA) is 137 Å². The van der Waals surface area contributed by atoms with Crippen LogP contribution >= 0.6 is 15.9 Å². The minimum absolute atomic E-state index is 0.137. The molecule has 0 radical (unpaired) electrons. The van der Waals surface area contributed by atoms with Crippen molar-refractivity contribution in [1.82, 2.24) is 9.66 Å². The number of carboxylic acid groups (broad SMARTS) is 1. The molecule has 0 aliphatic carbocycles. The minimum atomic E-state index is -1.33. The van der Waals surface area contributed by atoms with E-state index in [0.717, 1.165) is 4.68 Å². The van der Waals surface area contributed by atoms with Crippen molar-refractivity contribution in [2.45, 2.75) is 20.0 Å². The maximum Gasteiger partial charge on any atom is 0.344 e. The van der Waals surface area contributed by atoms with Crippen molar-refractivity contribution in [3.63, 3.8) is 0 Å². The molecule has 0 amide bonds. The number of aryl methyl sites for hydroxylation is 1. The molecule has 10 nitrogen and oxygen atoms in total. The quantitative estimate of drug-likeness (QED) is 0.329. The molecule has 0 aliphatic heterocycles. The SMILES string of the molecule is Cc1nc2ccc(Br)cc2c(=O)n1N=Cc1cccc([N+](=O)[O-])c1O[C@H](C)C(=O)O. The Kier molecular flexibility index (Phi) is 5.92. The second-order valence-corrected chi connectivity index (χ2v) is 7.15. The van der Waals surface area contributed by atoms with Crippen LogP contribution in [0.25, 0.3) is 10.9 Å². The van der Waals surface area contributed by atoms with E-state index in [1.807, 2.05) is 0 Å². The Balaban J connectivity index is 2.12. The number of fused-ring (bicyclic) bond motifs is 1. The Morgan fingerprint density at radius 2 is 2.13 bits per heavy atom. The molecule has 0 bridgehead atoms. The second kappa shape index (κ2) is 8.41. The molecule has 1 heterocycles. The monoisotopic (exact) mass is 474 g/mol. The Hall–Kier alpha value is -3.60. The van der Waals surface area contributed by atoms with E-state index >= 15 is 0 Å². The van der Waals surface area contributed by atoms with Crippen LogP contribution < -0.4 is 10.3 Å². The van der Waals surface area contributed by atoms with Crippen LogP contribution in [0.1, 0.15) is 18.3 Å².